The standard InChI is InChI=1S/C14H18N2O5.C2HF3O2/c15-10(8-9-4-2-1-3-5-9)13(19)16-11(14(20)21)6-7-12(17)18;3-2(4,5)1(6)7/h1-5,10-11H,6-8,15H2,(H,16,19)(H,17,18)(H,20,21);(H,6,7)/t10-,11-;/m0./s1. The fraction of sp³-hybridized carbons (Fsp3) is 0.375. The summed E-state index contributed by atoms with van der Waals surface area (Å²) < 4.78 is 31.7. The molecule has 0 saturated heterocycles. The summed E-state index contributed by atoms with van der Waals surface area (Å²) in [6, 6.07) is 6.94. The Morgan fingerprint density at radius 1 is 1.04 bits per heavy atom. The predicted octanol–water partition coefficient (Wildman–Crippen LogP) is 0.624. The van der Waals surface area contributed by atoms with E-state index in [1.54, 1.807) is 0 Å². The summed E-state index contributed by atoms with van der Waals surface area (Å²) in [7, 11) is 0. The van der Waals surface area contributed by atoms with Crippen molar-refractivity contribution < 1.29 is 47.7 Å². The van der Waals surface area contributed by atoms with Crippen molar-refractivity contribution in [1.29, 1.82) is 0 Å². The van der Waals surface area contributed by atoms with Gasteiger partial charge in [-0.25, -0.2) is 9.59 Å². The topological polar surface area (TPSA) is 167 Å². The Hall–Kier alpha value is -3.15. The zero-order valence-electron chi connectivity index (χ0n) is 14.3. The van der Waals surface area contributed by atoms with Gasteiger partial charge in [-0.3, -0.25) is 9.59 Å². The highest BCUT2D eigenvalue weighted by atomic mass is 19.4. The zero-order valence-corrected chi connectivity index (χ0v) is 14.3. The van der Waals surface area contributed by atoms with Crippen molar-refractivity contribution in [3.05, 3.63) is 35.9 Å². The lowest BCUT2D eigenvalue weighted by atomic mass is 10.1. The zero-order chi connectivity index (χ0) is 21.9. The van der Waals surface area contributed by atoms with Gasteiger partial charge in [0.05, 0.1) is 6.04 Å². The summed E-state index contributed by atoms with van der Waals surface area (Å²) in [5.41, 5.74) is 6.59. The number of carboxylic acid groups (broad SMARTS) is 3. The van der Waals surface area contributed by atoms with Gasteiger partial charge < -0.3 is 26.4 Å². The van der Waals surface area contributed by atoms with Gasteiger partial charge in [0.15, 0.2) is 0 Å². The Labute approximate surface area is 157 Å². The SMILES string of the molecule is N[C@@H](Cc1ccccc1)C(=O)N[C@@H](CCC(=O)O)C(=O)O.O=C(O)C(F)(F)F. The summed E-state index contributed by atoms with van der Waals surface area (Å²) in [4.78, 5) is 42.2. The van der Waals surface area contributed by atoms with Crippen molar-refractivity contribution in [2.45, 2.75) is 37.5 Å². The number of nitrogens with one attached hydrogen (secondary N) is 1. The first-order valence-electron chi connectivity index (χ1n) is 7.69. The Morgan fingerprint density at radius 2 is 1.54 bits per heavy atom. The van der Waals surface area contributed by atoms with Crippen LogP contribution in [0.4, 0.5) is 13.2 Å². The molecule has 1 amide bonds. The van der Waals surface area contributed by atoms with E-state index in [9.17, 15) is 27.6 Å². The molecule has 1 rings (SSSR count). The van der Waals surface area contributed by atoms with Crippen LogP contribution in [0.25, 0.3) is 0 Å². The third-order valence-electron chi connectivity index (χ3n) is 3.14. The maximum Gasteiger partial charge on any atom is 0.490 e. The van der Waals surface area contributed by atoms with E-state index in [1.165, 1.54) is 0 Å². The molecule has 0 spiro atoms. The first kappa shape index (κ1) is 24.8. The number of carboxylic acids is 3. The van der Waals surface area contributed by atoms with Crippen molar-refractivity contribution in [3.8, 4) is 0 Å². The lowest BCUT2D eigenvalue weighted by molar-refractivity contribution is -0.192. The number of hydrogen-bond donors (Lipinski definition) is 5. The predicted molar refractivity (Wildman–Crippen MR) is 88.2 cm³/mol. The Kier molecular flexibility index (Phi) is 10.2. The molecule has 0 unspecified atom stereocenters. The highest BCUT2D eigenvalue weighted by Gasteiger charge is 2.38. The summed E-state index contributed by atoms with van der Waals surface area (Å²) >= 11 is 0. The van der Waals surface area contributed by atoms with E-state index >= 15 is 0 Å². The molecule has 1 aromatic rings. The van der Waals surface area contributed by atoms with E-state index in [2.05, 4.69) is 5.32 Å². The van der Waals surface area contributed by atoms with Crippen LogP contribution in [0.15, 0.2) is 30.3 Å². The Morgan fingerprint density at radius 3 is 1.93 bits per heavy atom. The number of rotatable bonds is 8. The van der Waals surface area contributed by atoms with E-state index in [0.717, 1.165) is 5.56 Å². The third-order valence-corrected chi connectivity index (χ3v) is 3.14. The number of benzene rings is 1. The third kappa shape index (κ3) is 10.8. The smallest absolute Gasteiger partial charge is 0.481 e. The molecule has 0 aliphatic heterocycles. The average Bonchev–Trinajstić information content (AvgIpc) is 2.58. The molecule has 0 saturated carbocycles. The van der Waals surface area contributed by atoms with Crippen LogP contribution in [-0.4, -0.2) is 57.4 Å². The van der Waals surface area contributed by atoms with E-state index in [1.807, 2.05) is 30.3 Å². The molecule has 12 heteroatoms. The molecule has 0 radical (unpaired) electrons. The molecular weight excluding hydrogens is 389 g/mol. The molecule has 0 aromatic heterocycles. The second-order valence-corrected chi connectivity index (χ2v) is 5.43. The van der Waals surface area contributed by atoms with Gasteiger partial charge in [0.1, 0.15) is 6.04 Å². The van der Waals surface area contributed by atoms with Crippen LogP contribution in [0.2, 0.25) is 0 Å². The molecule has 0 aliphatic rings. The minimum absolute atomic E-state index is 0.186. The lowest BCUT2D eigenvalue weighted by Gasteiger charge is -2.17. The number of amides is 1. The van der Waals surface area contributed by atoms with Gasteiger partial charge in [0.2, 0.25) is 5.91 Å². The van der Waals surface area contributed by atoms with Crippen molar-refractivity contribution in [2.75, 3.05) is 0 Å². The molecule has 9 nitrogen and oxygen atoms in total. The summed E-state index contributed by atoms with van der Waals surface area (Å²) in [5, 5.41) is 26.9. The Bertz CT molecular complexity index is 681. The van der Waals surface area contributed by atoms with E-state index < -0.39 is 42.1 Å². The minimum Gasteiger partial charge on any atom is -0.481 e. The number of carbonyl (C=O) groups excluding carboxylic acids is 1. The number of hydrogen-bond acceptors (Lipinski definition) is 5. The van der Waals surface area contributed by atoms with Crippen LogP contribution >= 0.6 is 0 Å². The quantitative estimate of drug-likeness (QED) is 0.417. The van der Waals surface area contributed by atoms with Crippen molar-refractivity contribution >= 4 is 23.8 Å². The summed E-state index contributed by atoms with van der Waals surface area (Å²) in [6.45, 7) is 0. The molecule has 156 valence electrons. The molecular formula is C16H19F3N2O7. The maximum atomic E-state index is 11.9. The van der Waals surface area contributed by atoms with Crippen LogP contribution in [0, 0.1) is 0 Å². The van der Waals surface area contributed by atoms with Crippen LogP contribution in [0.1, 0.15) is 18.4 Å². The van der Waals surface area contributed by atoms with Crippen LogP contribution < -0.4 is 11.1 Å². The first-order valence-corrected chi connectivity index (χ1v) is 7.69. The van der Waals surface area contributed by atoms with Gasteiger partial charge in [-0.15, -0.1) is 0 Å². The normalized spacial score (nSPS) is 12.7. The molecule has 0 aliphatic carbocycles. The van der Waals surface area contributed by atoms with Crippen molar-refractivity contribution in [3.63, 3.8) is 0 Å². The van der Waals surface area contributed by atoms with Crippen molar-refractivity contribution in [1.82, 2.24) is 5.32 Å². The fourth-order valence-corrected chi connectivity index (χ4v) is 1.76. The van der Waals surface area contributed by atoms with Gasteiger partial charge in [0, 0.05) is 6.42 Å². The molecule has 2 atom stereocenters. The van der Waals surface area contributed by atoms with Gasteiger partial charge in [-0.2, -0.15) is 13.2 Å². The average molecular weight is 408 g/mol. The second kappa shape index (κ2) is 11.5. The molecule has 0 bridgehead atoms. The van der Waals surface area contributed by atoms with Gasteiger partial charge in [0.25, 0.3) is 0 Å². The number of nitrogens with two attached hydrogens (primary N) is 1. The highest BCUT2D eigenvalue weighted by Crippen LogP contribution is 2.13. The lowest BCUT2D eigenvalue weighted by Crippen LogP contribution is -2.49. The van der Waals surface area contributed by atoms with Gasteiger partial charge in [-0.05, 0) is 18.4 Å². The van der Waals surface area contributed by atoms with Crippen LogP contribution in [0.5, 0.6) is 0 Å². The monoisotopic (exact) mass is 408 g/mol. The number of carbonyl (C=O) groups is 4. The number of aliphatic carboxylic acids is 3. The Balaban J connectivity index is 0.000000887. The number of alkyl halides is 3. The van der Waals surface area contributed by atoms with E-state index in [-0.39, 0.29) is 19.3 Å². The van der Waals surface area contributed by atoms with Crippen molar-refractivity contribution in [2.24, 2.45) is 5.73 Å². The fourth-order valence-electron chi connectivity index (χ4n) is 1.76. The molecule has 6 N–H and O–H groups in total. The maximum absolute atomic E-state index is 11.9. The van der Waals surface area contributed by atoms with E-state index in [4.69, 9.17) is 25.8 Å². The second-order valence-electron chi connectivity index (χ2n) is 5.43. The summed E-state index contributed by atoms with van der Waals surface area (Å²) in [5.74, 6) is -5.77. The summed E-state index contributed by atoms with van der Waals surface area (Å²) in [6.07, 6.45) is -5.34. The number of halogens is 3. The molecule has 0 fully saturated rings. The highest BCUT2D eigenvalue weighted by molar-refractivity contribution is 5.87. The van der Waals surface area contributed by atoms with Crippen LogP contribution in [0.3, 0.4) is 0 Å². The largest absolute Gasteiger partial charge is 0.490 e. The minimum atomic E-state index is -5.08. The van der Waals surface area contributed by atoms with Crippen LogP contribution in [-0.2, 0) is 25.6 Å². The van der Waals surface area contributed by atoms with Gasteiger partial charge >= 0.3 is 24.1 Å². The van der Waals surface area contributed by atoms with Gasteiger partial charge in [-0.1, -0.05) is 30.3 Å². The molecule has 0 heterocycles. The first-order chi connectivity index (χ1) is 12.8. The molecule has 28 heavy (non-hydrogen) atoms. The van der Waals surface area contributed by atoms with E-state index in [0.29, 0.717) is 0 Å². The molecule has 1 aromatic carbocycles.